The summed E-state index contributed by atoms with van der Waals surface area (Å²) >= 11 is 1.91. The lowest BCUT2D eigenvalue weighted by molar-refractivity contribution is -0.121. The first kappa shape index (κ1) is 18.7. The van der Waals surface area contributed by atoms with Gasteiger partial charge in [0.25, 0.3) is 0 Å². The van der Waals surface area contributed by atoms with E-state index >= 15 is 0 Å². The van der Waals surface area contributed by atoms with Gasteiger partial charge < -0.3 is 16.0 Å². The lowest BCUT2D eigenvalue weighted by Gasteiger charge is -2.16. The first-order valence-electron chi connectivity index (χ1n) is 8.67. The minimum atomic E-state index is -0.0471. The normalized spacial score (nSPS) is 24.7. The third-order valence-corrected chi connectivity index (χ3v) is 5.91. The number of azide groups is 1. The molecule has 0 aromatic rings. The molecule has 9 heteroatoms. The van der Waals surface area contributed by atoms with E-state index in [2.05, 4.69) is 26.0 Å². The predicted octanol–water partition coefficient (Wildman–Crippen LogP) is 2.31. The molecule has 8 nitrogen and oxygen atoms in total. The second-order valence-electron chi connectivity index (χ2n) is 6.23. The highest BCUT2D eigenvalue weighted by atomic mass is 32.2. The van der Waals surface area contributed by atoms with Crippen LogP contribution in [0.3, 0.4) is 0 Å². The zero-order valence-corrected chi connectivity index (χ0v) is 14.7. The molecule has 24 heavy (non-hydrogen) atoms. The zero-order valence-electron chi connectivity index (χ0n) is 13.9. The summed E-state index contributed by atoms with van der Waals surface area (Å²) in [5.41, 5.74) is 8.15. The molecule has 0 unspecified atom stereocenters. The van der Waals surface area contributed by atoms with Gasteiger partial charge in [-0.2, -0.15) is 11.8 Å². The average Bonchev–Trinajstić information content (AvgIpc) is 3.10. The predicted molar refractivity (Wildman–Crippen MR) is 94.8 cm³/mol. The lowest BCUT2D eigenvalue weighted by atomic mass is 10.0. The van der Waals surface area contributed by atoms with Crippen LogP contribution in [-0.4, -0.2) is 48.1 Å². The summed E-state index contributed by atoms with van der Waals surface area (Å²) in [6.07, 6.45) is 6.25. The molecule has 2 heterocycles. The number of fused-ring (bicyclic) bond motifs is 1. The topological polar surface area (TPSA) is 119 Å². The van der Waals surface area contributed by atoms with Gasteiger partial charge >= 0.3 is 6.03 Å². The van der Waals surface area contributed by atoms with Crippen molar-refractivity contribution < 1.29 is 9.59 Å². The molecule has 2 fully saturated rings. The minimum absolute atomic E-state index is 0.0471. The monoisotopic (exact) mass is 354 g/mol. The van der Waals surface area contributed by atoms with Gasteiger partial charge in [-0.05, 0) is 31.2 Å². The molecule has 3 N–H and O–H groups in total. The largest absolute Gasteiger partial charge is 0.356 e. The van der Waals surface area contributed by atoms with Gasteiger partial charge in [0.15, 0.2) is 0 Å². The smallest absolute Gasteiger partial charge is 0.315 e. The van der Waals surface area contributed by atoms with Crippen LogP contribution in [0.2, 0.25) is 0 Å². The Morgan fingerprint density at radius 2 is 2.17 bits per heavy atom. The number of hydrogen-bond donors (Lipinski definition) is 3. The van der Waals surface area contributed by atoms with Gasteiger partial charge in [0, 0.05) is 35.4 Å². The number of hydrogen-bond acceptors (Lipinski definition) is 4. The summed E-state index contributed by atoms with van der Waals surface area (Å²) in [6.45, 7) is 1.22. The number of urea groups is 1. The van der Waals surface area contributed by atoms with E-state index in [1.54, 1.807) is 0 Å². The quantitative estimate of drug-likeness (QED) is 0.174. The highest BCUT2D eigenvalue weighted by Crippen LogP contribution is 2.33. The Labute approximate surface area is 146 Å². The highest BCUT2D eigenvalue weighted by molar-refractivity contribution is 8.00. The number of thioether (sulfide) groups is 1. The molecular weight excluding hydrogens is 328 g/mol. The van der Waals surface area contributed by atoms with Crippen LogP contribution in [0.4, 0.5) is 4.79 Å². The van der Waals surface area contributed by atoms with E-state index in [-0.39, 0.29) is 24.0 Å². The maximum atomic E-state index is 11.7. The Morgan fingerprint density at radius 3 is 3.00 bits per heavy atom. The van der Waals surface area contributed by atoms with E-state index in [0.717, 1.165) is 44.3 Å². The molecule has 0 spiro atoms. The molecule has 3 atom stereocenters. The van der Waals surface area contributed by atoms with E-state index in [9.17, 15) is 9.59 Å². The van der Waals surface area contributed by atoms with Crippen LogP contribution in [0, 0.1) is 0 Å². The van der Waals surface area contributed by atoms with Gasteiger partial charge in [-0.1, -0.05) is 18.0 Å². The van der Waals surface area contributed by atoms with Crippen LogP contribution >= 0.6 is 11.8 Å². The minimum Gasteiger partial charge on any atom is -0.356 e. The highest BCUT2D eigenvalue weighted by Gasteiger charge is 2.42. The number of amides is 3. The number of unbranched alkanes of at least 4 members (excludes halogenated alkanes) is 3. The lowest BCUT2D eigenvalue weighted by Crippen LogP contribution is -2.36. The summed E-state index contributed by atoms with van der Waals surface area (Å²) < 4.78 is 0. The van der Waals surface area contributed by atoms with Crippen LogP contribution in [0.25, 0.3) is 10.4 Å². The third kappa shape index (κ3) is 6.13. The summed E-state index contributed by atoms with van der Waals surface area (Å²) in [6, 6.07) is 0.477. The molecule has 0 saturated carbocycles. The molecule has 3 amide bonds. The Balaban J connectivity index is 1.45. The van der Waals surface area contributed by atoms with Crippen LogP contribution in [0.1, 0.15) is 44.9 Å². The molecule has 0 bridgehead atoms. The third-order valence-electron chi connectivity index (χ3n) is 4.40. The van der Waals surface area contributed by atoms with Crippen LogP contribution in [0.15, 0.2) is 5.11 Å². The first-order valence-corrected chi connectivity index (χ1v) is 9.72. The van der Waals surface area contributed by atoms with Crippen LogP contribution in [-0.2, 0) is 4.79 Å². The van der Waals surface area contributed by atoms with Crippen molar-refractivity contribution in [1.82, 2.24) is 16.0 Å². The first-order chi connectivity index (χ1) is 11.7. The van der Waals surface area contributed by atoms with Crippen molar-refractivity contribution in [2.75, 3.05) is 18.8 Å². The standard InChI is InChI=1S/C15H26N6O2S/c16-21-18-9-5-1-4-8-17-13(22)7-3-2-6-12-14-11(10-24-12)19-15(23)20-14/h11-12,14H,1-10H2,(H,17,22)(H2,19,20,23)/t11-,12-,14+/m0/s1. The summed E-state index contributed by atoms with van der Waals surface area (Å²) in [7, 11) is 0. The molecular formula is C15H26N6O2S. The Bertz CT molecular complexity index is 483. The van der Waals surface area contributed by atoms with Gasteiger partial charge in [-0.25, -0.2) is 4.79 Å². The Hall–Kier alpha value is -1.60. The van der Waals surface area contributed by atoms with Gasteiger partial charge in [-0.15, -0.1) is 0 Å². The van der Waals surface area contributed by atoms with Gasteiger partial charge in [0.1, 0.15) is 0 Å². The molecule has 0 aromatic heterocycles. The average molecular weight is 354 g/mol. The van der Waals surface area contributed by atoms with Crippen molar-refractivity contribution in [3.63, 3.8) is 0 Å². The van der Waals surface area contributed by atoms with E-state index in [4.69, 9.17) is 5.53 Å². The number of carbonyl (C=O) groups excluding carboxylic acids is 2. The molecule has 2 aliphatic heterocycles. The van der Waals surface area contributed by atoms with Gasteiger partial charge in [-0.3, -0.25) is 4.79 Å². The van der Waals surface area contributed by atoms with Crippen LogP contribution in [0.5, 0.6) is 0 Å². The molecule has 2 aliphatic rings. The summed E-state index contributed by atoms with van der Waals surface area (Å²) in [4.78, 5) is 25.8. The van der Waals surface area contributed by atoms with Gasteiger partial charge in [0.05, 0.1) is 12.1 Å². The van der Waals surface area contributed by atoms with Crippen molar-refractivity contribution in [2.24, 2.45) is 5.11 Å². The molecule has 0 radical (unpaired) electrons. The number of rotatable bonds is 11. The second kappa shape index (κ2) is 10.3. The number of carbonyl (C=O) groups is 2. The maximum Gasteiger partial charge on any atom is 0.315 e. The molecule has 0 aromatic carbocycles. The summed E-state index contributed by atoms with van der Waals surface area (Å²) in [5, 5.41) is 12.8. The van der Waals surface area contributed by atoms with Crippen molar-refractivity contribution in [3.8, 4) is 0 Å². The second-order valence-corrected chi connectivity index (χ2v) is 7.50. The van der Waals surface area contributed by atoms with Crippen molar-refractivity contribution in [2.45, 2.75) is 62.3 Å². The van der Waals surface area contributed by atoms with E-state index < -0.39 is 0 Å². The molecule has 0 aliphatic carbocycles. The van der Waals surface area contributed by atoms with E-state index in [1.165, 1.54) is 0 Å². The summed E-state index contributed by atoms with van der Waals surface area (Å²) in [5.74, 6) is 1.09. The van der Waals surface area contributed by atoms with Crippen molar-refractivity contribution in [3.05, 3.63) is 10.4 Å². The van der Waals surface area contributed by atoms with E-state index in [0.29, 0.717) is 24.8 Å². The Morgan fingerprint density at radius 1 is 1.29 bits per heavy atom. The van der Waals surface area contributed by atoms with E-state index in [1.807, 2.05) is 11.8 Å². The number of nitrogens with one attached hydrogen (secondary N) is 3. The van der Waals surface area contributed by atoms with Gasteiger partial charge in [0.2, 0.25) is 5.91 Å². The fourth-order valence-corrected chi connectivity index (χ4v) is 4.66. The Kier molecular flexibility index (Phi) is 8.04. The van der Waals surface area contributed by atoms with Crippen LogP contribution < -0.4 is 16.0 Å². The fraction of sp³-hybridized carbons (Fsp3) is 0.867. The molecule has 134 valence electrons. The molecule has 2 rings (SSSR count). The SMILES string of the molecule is [N-]=[N+]=NCCCCCNC(=O)CCCC[C@@H]1SC[C@@H]2NC(=O)N[C@H]21. The molecule has 2 saturated heterocycles. The zero-order chi connectivity index (χ0) is 17.2. The maximum absolute atomic E-state index is 11.7. The van der Waals surface area contributed by atoms with Crippen molar-refractivity contribution >= 4 is 23.7 Å². The number of nitrogens with zero attached hydrogens (tertiary/aromatic N) is 3. The fourth-order valence-electron chi connectivity index (χ4n) is 3.12. The van der Waals surface area contributed by atoms with Crippen molar-refractivity contribution in [1.29, 1.82) is 0 Å².